The van der Waals surface area contributed by atoms with E-state index in [0.717, 1.165) is 16.8 Å². The van der Waals surface area contributed by atoms with Crippen molar-refractivity contribution in [2.75, 3.05) is 0 Å². The van der Waals surface area contributed by atoms with Crippen LogP contribution in [0.3, 0.4) is 0 Å². The van der Waals surface area contributed by atoms with Gasteiger partial charge in [-0.05, 0) is 25.5 Å². The Kier molecular flexibility index (Phi) is 2.41. The van der Waals surface area contributed by atoms with Gasteiger partial charge in [0.25, 0.3) is 0 Å². The molecular formula is C11H10FN3. The largest absolute Gasteiger partial charge is 0.241 e. The molecule has 0 amide bonds. The SMILES string of the molecule is Cc1ncc(C)c(-c2ccnc(F)c2)n1. The van der Waals surface area contributed by atoms with Crippen molar-refractivity contribution in [3.63, 3.8) is 0 Å². The van der Waals surface area contributed by atoms with Crippen LogP contribution in [0, 0.1) is 19.8 Å². The quantitative estimate of drug-likeness (QED) is 0.667. The van der Waals surface area contributed by atoms with Crippen LogP contribution in [-0.4, -0.2) is 15.0 Å². The van der Waals surface area contributed by atoms with Crippen molar-refractivity contribution in [2.24, 2.45) is 0 Å². The van der Waals surface area contributed by atoms with Gasteiger partial charge in [-0.3, -0.25) is 0 Å². The summed E-state index contributed by atoms with van der Waals surface area (Å²) >= 11 is 0. The first-order chi connectivity index (χ1) is 7.16. The van der Waals surface area contributed by atoms with Gasteiger partial charge in [0.05, 0.1) is 5.69 Å². The smallest absolute Gasteiger partial charge is 0.213 e. The van der Waals surface area contributed by atoms with E-state index in [9.17, 15) is 4.39 Å². The third kappa shape index (κ3) is 1.98. The Morgan fingerprint density at radius 3 is 2.73 bits per heavy atom. The molecule has 0 aliphatic carbocycles. The van der Waals surface area contributed by atoms with Gasteiger partial charge < -0.3 is 0 Å². The molecule has 0 aliphatic rings. The Hall–Kier alpha value is -1.84. The minimum absolute atomic E-state index is 0.497. The average Bonchev–Trinajstić information content (AvgIpc) is 2.22. The molecule has 2 heterocycles. The van der Waals surface area contributed by atoms with E-state index in [1.165, 1.54) is 12.3 Å². The monoisotopic (exact) mass is 203 g/mol. The van der Waals surface area contributed by atoms with Gasteiger partial charge in [-0.15, -0.1) is 0 Å². The third-order valence-corrected chi connectivity index (χ3v) is 2.09. The van der Waals surface area contributed by atoms with E-state index >= 15 is 0 Å². The minimum Gasteiger partial charge on any atom is -0.241 e. The van der Waals surface area contributed by atoms with Gasteiger partial charge >= 0.3 is 0 Å². The summed E-state index contributed by atoms with van der Waals surface area (Å²) in [5.74, 6) is 0.177. The van der Waals surface area contributed by atoms with Crippen molar-refractivity contribution in [1.29, 1.82) is 0 Å². The lowest BCUT2D eigenvalue weighted by atomic mass is 10.1. The summed E-state index contributed by atoms with van der Waals surface area (Å²) in [5, 5.41) is 0. The summed E-state index contributed by atoms with van der Waals surface area (Å²) in [6, 6.07) is 3.10. The lowest BCUT2D eigenvalue weighted by Gasteiger charge is -2.04. The molecule has 15 heavy (non-hydrogen) atoms. The van der Waals surface area contributed by atoms with Crippen LogP contribution in [-0.2, 0) is 0 Å². The standard InChI is InChI=1S/C11H10FN3/c1-7-6-14-8(2)15-11(7)9-3-4-13-10(12)5-9/h3-6H,1-2H3. The maximum absolute atomic E-state index is 12.9. The molecule has 0 saturated heterocycles. The number of rotatable bonds is 1. The molecule has 0 bridgehead atoms. The van der Waals surface area contributed by atoms with E-state index in [-0.39, 0.29) is 0 Å². The third-order valence-electron chi connectivity index (χ3n) is 2.09. The van der Waals surface area contributed by atoms with Gasteiger partial charge in [0.2, 0.25) is 5.95 Å². The zero-order chi connectivity index (χ0) is 10.8. The van der Waals surface area contributed by atoms with Crippen LogP contribution >= 0.6 is 0 Å². The van der Waals surface area contributed by atoms with Crippen LogP contribution in [0.15, 0.2) is 24.5 Å². The lowest BCUT2D eigenvalue weighted by Crippen LogP contribution is -1.95. The van der Waals surface area contributed by atoms with E-state index in [1.54, 1.807) is 19.2 Å². The summed E-state index contributed by atoms with van der Waals surface area (Å²) in [4.78, 5) is 11.9. The summed E-state index contributed by atoms with van der Waals surface area (Å²) in [6.07, 6.45) is 3.16. The van der Waals surface area contributed by atoms with Gasteiger partial charge in [-0.1, -0.05) is 0 Å². The zero-order valence-corrected chi connectivity index (χ0v) is 8.53. The first kappa shape index (κ1) is 9.71. The number of aryl methyl sites for hydroxylation is 2. The van der Waals surface area contributed by atoms with Crippen molar-refractivity contribution in [2.45, 2.75) is 13.8 Å². The number of hydrogen-bond acceptors (Lipinski definition) is 3. The first-order valence-electron chi connectivity index (χ1n) is 4.59. The first-order valence-corrected chi connectivity index (χ1v) is 4.59. The molecule has 2 rings (SSSR count). The molecule has 0 N–H and O–H groups in total. The highest BCUT2D eigenvalue weighted by atomic mass is 19.1. The van der Waals surface area contributed by atoms with Gasteiger partial charge in [0.1, 0.15) is 5.82 Å². The van der Waals surface area contributed by atoms with Crippen molar-refractivity contribution >= 4 is 0 Å². The predicted octanol–water partition coefficient (Wildman–Crippen LogP) is 2.29. The van der Waals surface area contributed by atoms with Gasteiger partial charge in [-0.25, -0.2) is 15.0 Å². The van der Waals surface area contributed by atoms with E-state index in [1.807, 2.05) is 6.92 Å². The molecule has 0 fully saturated rings. The normalized spacial score (nSPS) is 10.3. The maximum atomic E-state index is 12.9. The molecule has 0 aromatic carbocycles. The summed E-state index contributed by atoms with van der Waals surface area (Å²) in [6.45, 7) is 3.70. The molecule has 0 aliphatic heterocycles. The van der Waals surface area contributed by atoms with Gasteiger partial charge in [0.15, 0.2) is 0 Å². The lowest BCUT2D eigenvalue weighted by molar-refractivity contribution is 0.584. The number of hydrogen-bond donors (Lipinski definition) is 0. The number of pyridine rings is 1. The van der Waals surface area contributed by atoms with Crippen LogP contribution in [0.5, 0.6) is 0 Å². The Morgan fingerprint density at radius 2 is 2.00 bits per heavy atom. The van der Waals surface area contributed by atoms with E-state index < -0.39 is 5.95 Å². The Balaban J connectivity index is 2.58. The van der Waals surface area contributed by atoms with Crippen molar-refractivity contribution < 1.29 is 4.39 Å². The van der Waals surface area contributed by atoms with Crippen LogP contribution < -0.4 is 0 Å². The fourth-order valence-corrected chi connectivity index (χ4v) is 1.37. The molecule has 2 aromatic rings. The molecule has 0 radical (unpaired) electrons. The molecule has 0 atom stereocenters. The minimum atomic E-state index is -0.497. The highest BCUT2D eigenvalue weighted by Gasteiger charge is 2.05. The topological polar surface area (TPSA) is 38.7 Å². The van der Waals surface area contributed by atoms with Gasteiger partial charge in [0, 0.05) is 24.0 Å². The van der Waals surface area contributed by atoms with Gasteiger partial charge in [-0.2, -0.15) is 4.39 Å². The zero-order valence-electron chi connectivity index (χ0n) is 8.53. The molecule has 2 aromatic heterocycles. The average molecular weight is 203 g/mol. The fraction of sp³-hybridized carbons (Fsp3) is 0.182. The number of halogens is 1. The number of aromatic nitrogens is 3. The maximum Gasteiger partial charge on any atom is 0.213 e. The van der Waals surface area contributed by atoms with E-state index in [4.69, 9.17) is 0 Å². The molecule has 76 valence electrons. The predicted molar refractivity (Wildman–Crippen MR) is 54.7 cm³/mol. The summed E-state index contributed by atoms with van der Waals surface area (Å²) in [7, 11) is 0. The molecule has 4 heteroatoms. The van der Waals surface area contributed by atoms with E-state index in [2.05, 4.69) is 15.0 Å². The molecule has 0 saturated carbocycles. The van der Waals surface area contributed by atoms with Crippen LogP contribution in [0.4, 0.5) is 4.39 Å². The van der Waals surface area contributed by atoms with Crippen molar-refractivity contribution in [3.8, 4) is 11.3 Å². The second-order valence-electron chi connectivity index (χ2n) is 3.32. The molecule has 0 unspecified atom stereocenters. The highest BCUT2D eigenvalue weighted by Crippen LogP contribution is 2.20. The van der Waals surface area contributed by atoms with Crippen molar-refractivity contribution in [3.05, 3.63) is 41.9 Å². The van der Waals surface area contributed by atoms with Crippen LogP contribution in [0.1, 0.15) is 11.4 Å². The second-order valence-corrected chi connectivity index (χ2v) is 3.32. The number of nitrogens with zero attached hydrogens (tertiary/aromatic N) is 3. The molecule has 0 spiro atoms. The Bertz CT molecular complexity index is 497. The highest BCUT2D eigenvalue weighted by molar-refractivity contribution is 5.61. The fourth-order valence-electron chi connectivity index (χ4n) is 1.37. The Morgan fingerprint density at radius 1 is 1.20 bits per heavy atom. The van der Waals surface area contributed by atoms with Crippen LogP contribution in [0.25, 0.3) is 11.3 Å². The second kappa shape index (κ2) is 3.73. The Labute approximate surface area is 87.0 Å². The molecule has 3 nitrogen and oxygen atoms in total. The van der Waals surface area contributed by atoms with E-state index in [0.29, 0.717) is 5.82 Å². The summed E-state index contributed by atoms with van der Waals surface area (Å²) < 4.78 is 12.9. The summed E-state index contributed by atoms with van der Waals surface area (Å²) in [5.41, 5.74) is 2.40. The van der Waals surface area contributed by atoms with Crippen LogP contribution in [0.2, 0.25) is 0 Å². The van der Waals surface area contributed by atoms with Crippen molar-refractivity contribution in [1.82, 2.24) is 15.0 Å². The molecular weight excluding hydrogens is 193 g/mol.